The number of aliphatic hydroxyl groups excluding tert-OH is 2. The third-order valence-corrected chi connectivity index (χ3v) is 7.17. The van der Waals surface area contributed by atoms with Crippen molar-refractivity contribution in [2.24, 2.45) is 16.7 Å². The molecule has 2 aliphatic carbocycles. The van der Waals surface area contributed by atoms with Gasteiger partial charge in [-0.2, -0.15) is 0 Å². The van der Waals surface area contributed by atoms with Gasteiger partial charge in [-0.25, -0.2) is 0 Å². The van der Waals surface area contributed by atoms with Gasteiger partial charge < -0.3 is 14.9 Å². The quantitative estimate of drug-likeness (QED) is 0.724. The highest BCUT2D eigenvalue weighted by molar-refractivity contribution is 5.12. The Hall–Kier alpha value is -0.380. The summed E-state index contributed by atoms with van der Waals surface area (Å²) in [4.78, 5) is 0. The van der Waals surface area contributed by atoms with Crippen LogP contribution in [-0.4, -0.2) is 36.1 Å². The highest BCUT2D eigenvalue weighted by Crippen LogP contribution is 2.63. The largest absolute Gasteiger partial charge is 0.392 e. The summed E-state index contributed by atoms with van der Waals surface area (Å²) in [6.45, 7) is 7.36. The lowest BCUT2D eigenvalue weighted by molar-refractivity contribution is -0.201. The molecule has 0 saturated heterocycles. The summed E-state index contributed by atoms with van der Waals surface area (Å²) in [5.41, 5.74) is 1.43. The van der Waals surface area contributed by atoms with E-state index in [4.69, 9.17) is 9.84 Å². The summed E-state index contributed by atoms with van der Waals surface area (Å²) >= 11 is 0. The molecule has 1 unspecified atom stereocenters. The molecule has 3 nitrogen and oxygen atoms in total. The van der Waals surface area contributed by atoms with Crippen LogP contribution >= 0.6 is 0 Å². The zero-order valence-electron chi connectivity index (χ0n) is 15.5. The van der Waals surface area contributed by atoms with Crippen molar-refractivity contribution in [3.63, 3.8) is 0 Å². The molecule has 0 bridgehead atoms. The van der Waals surface area contributed by atoms with Crippen molar-refractivity contribution >= 4 is 0 Å². The van der Waals surface area contributed by atoms with E-state index in [1.165, 1.54) is 32.1 Å². The van der Waals surface area contributed by atoms with Gasteiger partial charge in [0, 0.05) is 7.11 Å². The molecule has 2 rings (SSSR count). The molecule has 0 aromatic rings. The number of rotatable bonds is 6. The fraction of sp³-hybridized carbons (Fsp3) is 0.900. The van der Waals surface area contributed by atoms with Gasteiger partial charge in [0.15, 0.2) is 0 Å². The van der Waals surface area contributed by atoms with E-state index in [2.05, 4.69) is 20.8 Å². The molecular formula is C20H36O3. The fourth-order valence-electron chi connectivity index (χ4n) is 5.84. The van der Waals surface area contributed by atoms with Gasteiger partial charge in [-0.05, 0) is 60.8 Å². The summed E-state index contributed by atoms with van der Waals surface area (Å²) in [5.74, 6) is 0.705. The molecule has 0 aromatic heterocycles. The van der Waals surface area contributed by atoms with Crippen LogP contribution in [0.1, 0.15) is 72.1 Å². The minimum absolute atomic E-state index is 0.00278. The van der Waals surface area contributed by atoms with E-state index >= 15 is 0 Å². The van der Waals surface area contributed by atoms with Crippen molar-refractivity contribution in [2.75, 3.05) is 20.3 Å². The molecule has 2 fully saturated rings. The van der Waals surface area contributed by atoms with Crippen LogP contribution < -0.4 is 0 Å². The van der Waals surface area contributed by atoms with Crippen molar-refractivity contribution in [1.29, 1.82) is 0 Å². The Kier molecular flexibility index (Phi) is 5.97. The first-order chi connectivity index (χ1) is 10.8. The third kappa shape index (κ3) is 3.38. The predicted molar refractivity (Wildman–Crippen MR) is 94.3 cm³/mol. The Morgan fingerprint density at radius 1 is 1.13 bits per heavy atom. The van der Waals surface area contributed by atoms with Crippen molar-refractivity contribution in [2.45, 2.75) is 77.7 Å². The minimum atomic E-state index is -0.0999. The lowest BCUT2D eigenvalue weighted by Crippen LogP contribution is -2.59. The maximum Gasteiger partial charge on any atom is 0.0737 e. The van der Waals surface area contributed by atoms with Gasteiger partial charge in [0.05, 0.1) is 18.8 Å². The number of hydrogen-bond acceptors (Lipinski definition) is 3. The molecule has 134 valence electrons. The average molecular weight is 325 g/mol. The Morgan fingerprint density at radius 3 is 2.48 bits per heavy atom. The van der Waals surface area contributed by atoms with Crippen molar-refractivity contribution < 1.29 is 14.9 Å². The highest BCUT2D eigenvalue weighted by Gasteiger charge is 2.59. The molecule has 0 radical (unpaired) electrons. The molecule has 0 aromatic carbocycles. The van der Waals surface area contributed by atoms with Crippen LogP contribution in [-0.2, 0) is 4.74 Å². The summed E-state index contributed by atoms with van der Waals surface area (Å²) < 4.78 is 6.25. The molecule has 0 heterocycles. The lowest BCUT2D eigenvalue weighted by Gasteiger charge is -2.62. The Balaban J connectivity index is 2.26. The van der Waals surface area contributed by atoms with Crippen LogP contribution in [0.3, 0.4) is 0 Å². The van der Waals surface area contributed by atoms with Crippen LogP contribution in [0.5, 0.6) is 0 Å². The monoisotopic (exact) mass is 324 g/mol. The summed E-state index contributed by atoms with van der Waals surface area (Å²) in [6.07, 6.45) is 11.0. The first-order valence-electron chi connectivity index (χ1n) is 9.30. The standard InChI is InChI=1S/C20H36O3/c1-18(2)10-6-11-19(3)17(18)7-5-12-20(19,23-4)13-8-16(15-22)9-14-21/h9,17,21-22H,5-8,10-15H2,1-4H3/b16-9-/t17?,19-,20-/m0/s1. The normalized spacial score (nSPS) is 37.5. The first-order valence-corrected chi connectivity index (χ1v) is 9.30. The maximum absolute atomic E-state index is 9.50. The number of aliphatic hydroxyl groups is 2. The zero-order chi connectivity index (χ0) is 17.1. The van der Waals surface area contributed by atoms with Crippen molar-refractivity contribution in [3.8, 4) is 0 Å². The fourth-order valence-corrected chi connectivity index (χ4v) is 5.84. The zero-order valence-corrected chi connectivity index (χ0v) is 15.5. The van der Waals surface area contributed by atoms with Gasteiger partial charge in [-0.1, -0.05) is 39.7 Å². The lowest BCUT2D eigenvalue weighted by atomic mass is 9.46. The second-order valence-electron chi connectivity index (χ2n) is 8.61. The summed E-state index contributed by atoms with van der Waals surface area (Å²) in [5, 5.41) is 18.6. The average Bonchev–Trinajstić information content (AvgIpc) is 2.51. The van der Waals surface area contributed by atoms with Gasteiger partial charge in [-0.15, -0.1) is 0 Å². The van der Waals surface area contributed by atoms with E-state index in [1.807, 2.05) is 7.11 Å². The van der Waals surface area contributed by atoms with Crippen LogP contribution in [0, 0.1) is 16.7 Å². The molecule has 0 spiro atoms. The van der Waals surface area contributed by atoms with Gasteiger partial charge in [0.1, 0.15) is 0 Å². The van der Waals surface area contributed by atoms with Crippen molar-refractivity contribution in [1.82, 2.24) is 0 Å². The molecule has 2 saturated carbocycles. The van der Waals surface area contributed by atoms with E-state index < -0.39 is 0 Å². The SMILES string of the molecule is CO[C@]1(CC/C(=C/CO)CO)CCCC2C(C)(C)CCC[C@@]21C. The molecule has 3 atom stereocenters. The van der Waals surface area contributed by atoms with E-state index in [0.717, 1.165) is 24.8 Å². The van der Waals surface area contributed by atoms with Gasteiger partial charge in [0.2, 0.25) is 0 Å². The van der Waals surface area contributed by atoms with Gasteiger partial charge in [-0.3, -0.25) is 0 Å². The first kappa shape index (κ1) is 19.0. The van der Waals surface area contributed by atoms with E-state index in [-0.39, 0.29) is 24.2 Å². The predicted octanol–water partition coefficient (Wildman–Crippen LogP) is 4.08. The smallest absolute Gasteiger partial charge is 0.0737 e. The summed E-state index contributed by atoms with van der Waals surface area (Å²) in [7, 11) is 1.88. The minimum Gasteiger partial charge on any atom is -0.392 e. The maximum atomic E-state index is 9.50. The highest BCUT2D eigenvalue weighted by atomic mass is 16.5. The van der Waals surface area contributed by atoms with Crippen LogP contribution in [0.25, 0.3) is 0 Å². The Labute approximate surface area is 142 Å². The van der Waals surface area contributed by atoms with E-state index in [1.54, 1.807) is 6.08 Å². The molecular weight excluding hydrogens is 288 g/mol. The topological polar surface area (TPSA) is 49.7 Å². The summed E-state index contributed by atoms with van der Waals surface area (Å²) in [6, 6.07) is 0. The molecule has 0 aliphatic heterocycles. The van der Waals surface area contributed by atoms with Crippen molar-refractivity contribution in [3.05, 3.63) is 11.6 Å². The van der Waals surface area contributed by atoms with E-state index in [0.29, 0.717) is 11.3 Å². The van der Waals surface area contributed by atoms with Crippen LogP contribution in [0.4, 0.5) is 0 Å². The van der Waals surface area contributed by atoms with Crippen LogP contribution in [0.2, 0.25) is 0 Å². The van der Waals surface area contributed by atoms with E-state index in [9.17, 15) is 5.11 Å². The Morgan fingerprint density at radius 2 is 1.87 bits per heavy atom. The van der Waals surface area contributed by atoms with Crippen LogP contribution in [0.15, 0.2) is 11.6 Å². The number of ether oxygens (including phenoxy) is 1. The van der Waals surface area contributed by atoms with Gasteiger partial charge in [0.25, 0.3) is 0 Å². The van der Waals surface area contributed by atoms with Gasteiger partial charge >= 0.3 is 0 Å². The second-order valence-corrected chi connectivity index (χ2v) is 8.61. The number of methoxy groups -OCH3 is 1. The second kappa shape index (κ2) is 7.25. The molecule has 23 heavy (non-hydrogen) atoms. The third-order valence-electron chi connectivity index (χ3n) is 7.17. The molecule has 2 aliphatic rings. The number of fused-ring (bicyclic) bond motifs is 1. The number of hydrogen-bond donors (Lipinski definition) is 2. The molecule has 0 amide bonds. The molecule has 2 N–H and O–H groups in total. The Bertz CT molecular complexity index is 429. The molecule has 3 heteroatoms.